The zero-order valence-electron chi connectivity index (χ0n) is 10.3. The van der Waals surface area contributed by atoms with Crippen molar-refractivity contribution in [2.24, 2.45) is 0 Å². The van der Waals surface area contributed by atoms with Gasteiger partial charge in [-0.05, 0) is 43.2 Å². The summed E-state index contributed by atoms with van der Waals surface area (Å²) in [5, 5.41) is 8.89. The molecule has 0 aliphatic carbocycles. The number of nitriles is 1. The van der Waals surface area contributed by atoms with Crippen molar-refractivity contribution < 1.29 is 0 Å². The van der Waals surface area contributed by atoms with Crippen molar-refractivity contribution in [1.29, 1.82) is 5.26 Å². The van der Waals surface area contributed by atoms with E-state index in [0.717, 1.165) is 11.1 Å². The third-order valence-corrected chi connectivity index (χ3v) is 2.93. The minimum absolute atomic E-state index is 0.0493. The molecule has 0 amide bonds. The fraction of sp³-hybridized carbons (Fsp3) is 0.143. The SMILES string of the molecule is Cc1ccc(-n2cc(N)cc(C#N)c2=O)cc1C. The summed E-state index contributed by atoms with van der Waals surface area (Å²) in [6.45, 7) is 3.98. The molecule has 1 aromatic carbocycles. The Balaban J connectivity index is 2.72. The van der Waals surface area contributed by atoms with Gasteiger partial charge in [-0.2, -0.15) is 5.26 Å². The van der Waals surface area contributed by atoms with E-state index in [1.54, 1.807) is 0 Å². The zero-order valence-corrected chi connectivity index (χ0v) is 10.3. The molecule has 0 atom stereocenters. The molecule has 90 valence electrons. The monoisotopic (exact) mass is 239 g/mol. The van der Waals surface area contributed by atoms with Crippen molar-refractivity contribution in [2.45, 2.75) is 13.8 Å². The smallest absolute Gasteiger partial charge is 0.273 e. The predicted molar refractivity (Wildman–Crippen MR) is 70.6 cm³/mol. The van der Waals surface area contributed by atoms with Crippen LogP contribution in [0.4, 0.5) is 5.69 Å². The summed E-state index contributed by atoms with van der Waals surface area (Å²) in [5.41, 5.74) is 8.74. The molecular weight excluding hydrogens is 226 g/mol. The lowest BCUT2D eigenvalue weighted by molar-refractivity contribution is 0.981. The van der Waals surface area contributed by atoms with Crippen LogP contribution in [0.25, 0.3) is 5.69 Å². The van der Waals surface area contributed by atoms with Gasteiger partial charge in [0.15, 0.2) is 0 Å². The van der Waals surface area contributed by atoms with E-state index in [1.165, 1.54) is 16.8 Å². The Hall–Kier alpha value is -2.54. The Kier molecular flexibility index (Phi) is 2.90. The zero-order chi connectivity index (χ0) is 13.3. The van der Waals surface area contributed by atoms with Crippen LogP contribution < -0.4 is 11.3 Å². The molecule has 18 heavy (non-hydrogen) atoms. The van der Waals surface area contributed by atoms with Crippen LogP contribution in [0.15, 0.2) is 35.3 Å². The standard InChI is InChI=1S/C14H13N3O/c1-9-3-4-13(5-10(9)2)17-8-12(16)6-11(7-15)14(17)18/h3-6,8H,16H2,1-2H3. The molecule has 0 bridgehead atoms. The molecule has 0 aliphatic heterocycles. The summed E-state index contributed by atoms with van der Waals surface area (Å²) < 4.78 is 1.40. The average Bonchev–Trinajstić information content (AvgIpc) is 2.35. The first-order valence-electron chi connectivity index (χ1n) is 5.53. The van der Waals surface area contributed by atoms with Crippen LogP contribution in [0.1, 0.15) is 16.7 Å². The summed E-state index contributed by atoms with van der Waals surface area (Å²) in [6, 6.07) is 8.92. The van der Waals surface area contributed by atoms with Crippen LogP contribution >= 0.6 is 0 Å². The minimum Gasteiger partial charge on any atom is -0.397 e. The summed E-state index contributed by atoms with van der Waals surface area (Å²) in [6.07, 6.45) is 1.54. The van der Waals surface area contributed by atoms with Crippen LogP contribution in [-0.2, 0) is 0 Å². The number of hydrogen-bond donors (Lipinski definition) is 1. The summed E-state index contributed by atoms with van der Waals surface area (Å²) in [7, 11) is 0. The molecule has 2 rings (SSSR count). The van der Waals surface area contributed by atoms with Gasteiger partial charge in [0, 0.05) is 17.6 Å². The summed E-state index contributed by atoms with van der Waals surface area (Å²) in [4.78, 5) is 12.0. The summed E-state index contributed by atoms with van der Waals surface area (Å²) >= 11 is 0. The van der Waals surface area contributed by atoms with Crippen LogP contribution in [0, 0.1) is 25.2 Å². The van der Waals surface area contributed by atoms with E-state index in [4.69, 9.17) is 11.0 Å². The maximum Gasteiger partial charge on any atom is 0.273 e. The minimum atomic E-state index is -0.352. The number of nitrogens with two attached hydrogens (primary N) is 1. The van der Waals surface area contributed by atoms with Crippen LogP contribution in [-0.4, -0.2) is 4.57 Å². The molecule has 0 aliphatic rings. The number of hydrogen-bond acceptors (Lipinski definition) is 3. The van der Waals surface area contributed by atoms with E-state index < -0.39 is 0 Å². The van der Waals surface area contributed by atoms with E-state index in [-0.39, 0.29) is 11.1 Å². The van der Waals surface area contributed by atoms with Gasteiger partial charge in [-0.25, -0.2) is 0 Å². The topological polar surface area (TPSA) is 71.8 Å². The van der Waals surface area contributed by atoms with Crippen LogP contribution in [0.3, 0.4) is 0 Å². The maximum atomic E-state index is 12.0. The Bertz CT molecular complexity index is 708. The molecule has 1 aromatic heterocycles. The van der Waals surface area contributed by atoms with Gasteiger partial charge >= 0.3 is 0 Å². The predicted octanol–water partition coefficient (Wildman–Crippen LogP) is 1.91. The van der Waals surface area contributed by atoms with Gasteiger partial charge in [0.2, 0.25) is 0 Å². The third kappa shape index (κ3) is 1.98. The number of nitrogens with zero attached hydrogens (tertiary/aromatic N) is 2. The molecule has 1 heterocycles. The van der Waals surface area contributed by atoms with Crippen molar-refractivity contribution >= 4 is 5.69 Å². The number of nitrogen functional groups attached to an aromatic ring is 1. The van der Waals surface area contributed by atoms with Crippen molar-refractivity contribution in [2.75, 3.05) is 5.73 Å². The van der Waals surface area contributed by atoms with E-state index in [9.17, 15) is 4.79 Å². The second-order valence-electron chi connectivity index (χ2n) is 4.24. The Morgan fingerprint density at radius 2 is 1.94 bits per heavy atom. The Morgan fingerprint density at radius 3 is 2.56 bits per heavy atom. The van der Waals surface area contributed by atoms with Gasteiger partial charge < -0.3 is 5.73 Å². The van der Waals surface area contributed by atoms with Crippen molar-refractivity contribution in [3.63, 3.8) is 0 Å². The Morgan fingerprint density at radius 1 is 1.22 bits per heavy atom. The molecule has 4 nitrogen and oxygen atoms in total. The van der Waals surface area contributed by atoms with Gasteiger partial charge in [-0.1, -0.05) is 6.07 Å². The first-order chi connectivity index (χ1) is 8.52. The normalized spacial score (nSPS) is 10.1. The number of anilines is 1. The third-order valence-electron chi connectivity index (χ3n) is 2.93. The van der Waals surface area contributed by atoms with E-state index >= 15 is 0 Å². The highest BCUT2D eigenvalue weighted by Crippen LogP contribution is 2.14. The second kappa shape index (κ2) is 4.38. The molecular formula is C14H13N3O. The lowest BCUT2D eigenvalue weighted by Gasteiger charge is -2.09. The molecule has 0 saturated carbocycles. The Labute approximate surface area is 105 Å². The van der Waals surface area contributed by atoms with Crippen molar-refractivity contribution in [1.82, 2.24) is 4.57 Å². The first-order valence-corrected chi connectivity index (χ1v) is 5.53. The molecule has 4 heteroatoms. The lowest BCUT2D eigenvalue weighted by atomic mass is 10.1. The van der Waals surface area contributed by atoms with E-state index in [2.05, 4.69) is 0 Å². The van der Waals surface area contributed by atoms with Crippen molar-refractivity contribution in [3.8, 4) is 11.8 Å². The molecule has 2 N–H and O–H groups in total. The largest absolute Gasteiger partial charge is 0.397 e. The average molecular weight is 239 g/mol. The summed E-state index contributed by atoms with van der Waals surface area (Å²) in [5.74, 6) is 0. The van der Waals surface area contributed by atoms with Gasteiger partial charge in [-0.3, -0.25) is 9.36 Å². The van der Waals surface area contributed by atoms with Crippen molar-refractivity contribution in [3.05, 3.63) is 57.5 Å². The van der Waals surface area contributed by atoms with E-state index in [1.807, 2.05) is 38.1 Å². The van der Waals surface area contributed by atoms with E-state index in [0.29, 0.717) is 11.4 Å². The quantitative estimate of drug-likeness (QED) is 0.826. The highest BCUT2D eigenvalue weighted by atomic mass is 16.1. The number of rotatable bonds is 1. The number of pyridine rings is 1. The maximum absolute atomic E-state index is 12.0. The molecule has 0 unspecified atom stereocenters. The molecule has 2 aromatic rings. The fourth-order valence-corrected chi connectivity index (χ4v) is 1.75. The molecule has 0 radical (unpaired) electrons. The number of aryl methyl sites for hydroxylation is 2. The van der Waals surface area contributed by atoms with Crippen LogP contribution in [0.5, 0.6) is 0 Å². The highest BCUT2D eigenvalue weighted by Gasteiger charge is 2.07. The second-order valence-corrected chi connectivity index (χ2v) is 4.24. The van der Waals surface area contributed by atoms with Gasteiger partial charge in [0.05, 0.1) is 0 Å². The van der Waals surface area contributed by atoms with Crippen LogP contribution in [0.2, 0.25) is 0 Å². The van der Waals surface area contributed by atoms with Gasteiger partial charge in [-0.15, -0.1) is 0 Å². The van der Waals surface area contributed by atoms with Gasteiger partial charge in [0.1, 0.15) is 11.6 Å². The number of benzene rings is 1. The molecule has 0 saturated heterocycles. The fourth-order valence-electron chi connectivity index (χ4n) is 1.75. The highest BCUT2D eigenvalue weighted by molar-refractivity contribution is 5.48. The molecule has 0 spiro atoms. The first kappa shape index (κ1) is 11.9. The lowest BCUT2D eigenvalue weighted by Crippen LogP contribution is -2.21. The number of aromatic nitrogens is 1. The molecule has 0 fully saturated rings. The van der Waals surface area contributed by atoms with Gasteiger partial charge in [0.25, 0.3) is 5.56 Å².